The number of guanidine groups is 1. The monoisotopic (exact) mass is 445 g/mol. The first-order valence-electron chi connectivity index (χ1n) is 12.9. The lowest BCUT2D eigenvalue weighted by atomic mass is 9.98. The van der Waals surface area contributed by atoms with Crippen LogP contribution in [0.1, 0.15) is 83.8 Å². The third kappa shape index (κ3) is 6.69. The van der Waals surface area contributed by atoms with E-state index in [1.54, 1.807) is 0 Å². The molecular formula is C24H43N7O. The Morgan fingerprint density at radius 2 is 1.88 bits per heavy atom. The summed E-state index contributed by atoms with van der Waals surface area (Å²) in [6.07, 6.45) is 10.5. The molecule has 1 amide bonds. The first-order chi connectivity index (χ1) is 15.7. The standard InChI is InChI=1S/C24H43N7O/c1-4-19(5-2)23(32)30-17-13-20(14-18-30)27-24(25-6-3)26-15-10-12-22-29-28-21-11-8-7-9-16-31(21)22/h19-20H,4-18H2,1-3H3,(H2,25,26,27). The molecule has 2 N–H and O–H groups in total. The van der Waals surface area contributed by atoms with Crippen molar-refractivity contribution in [2.24, 2.45) is 10.9 Å². The second kappa shape index (κ2) is 12.8. The lowest BCUT2D eigenvalue weighted by molar-refractivity contribution is -0.136. The zero-order valence-electron chi connectivity index (χ0n) is 20.4. The van der Waals surface area contributed by atoms with Crippen molar-refractivity contribution in [2.45, 2.75) is 97.6 Å². The molecule has 8 heteroatoms. The summed E-state index contributed by atoms with van der Waals surface area (Å²) in [4.78, 5) is 19.5. The molecule has 1 aromatic rings. The van der Waals surface area contributed by atoms with Crippen molar-refractivity contribution in [3.63, 3.8) is 0 Å². The number of hydrogen-bond donors (Lipinski definition) is 2. The number of carbonyl (C=O) groups is 1. The first kappa shape index (κ1) is 24.5. The van der Waals surface area contributed by atoms with Crippen LogP contribution in [0.15, 0.2) is 4.99 Å². The smallest absolute Gasteiger partial charge is 0.225 e. The molecule has 0 spiro atoms. The summed E-state index contributed by atoms with van der Waals surface area (Å²) in [6.45, 7) is 10.7. The van der Waals surface area contributed by atoms with E-state index in [0.717, 1.165) is 95.3 Å². The summed E-state index contributed by atoms with van der Waals surface area (Å²) < 4.78 is 2.33. The molecule has 8 nitrogen and oxygen atoms in total. The van der Waals surface area contributed by atoms with Gasteiger partial charge in [-0.25, -0.2) is 0 Å². The van der Waals surface area contributed by atoms with E-state index >= 15 is 0 Å². The molecule has 32 heavy (non-hydrogen) atoms. The van der Waals surface area contributed by atoms with Crippen LogP contribution in [-0.4, -0.2) is 63.8 Å². The third-order valence-electron chi connectivity index (χ3n) is 6.84. The molecule has 1 saturated heterocycles. The highest BCUT2D eigenvalue weighted by Gasteiger charge is 2.26. The first-order valence-corrected chi connectivity index (χ1v) is 12.9. The number of piperidine rings is 1. The Hall–Kier alpha value is -2.12. The number of nitrogens with one attached hydrogen (secondary N) is 2. The van der Waals surface area contributed by atoms with Crippen LogP contribution in [0.4, 0.5) is 0 Å². The SMILES string of the molecule is CCNC(=NCCCc1nnc2n1CCCCC2)NC1CCN(C(=O)C(CC)CC)CC1. The molecular weight excluding hydrogens is 402 g/mol. The topological polar surface area (TPSA) is 87.4 Å². The normalized spacial score (nSPS) is 17.9. The van der Waals surface area contributed by atoms with Gasteiger partial charge in [0.15, 0.2) is 5.96 Å². The van der Waals surface area contributed by atoms with Crippen molar-refractivity contribution in [3.8, 4) is 0 Å². The quantitative estimate of drug-likeness (QED) is 0.347. The number of carbonyl (C=O) groups excluding carboxylic acids is 1. The summed E-state index contributed by atoms with van der Waals surface area (Å²) in [5.41, 5.74) is 0. The Labute approximate surface area is 193 Å². The number of amides is 1. The van der Waals surface area contributed by atoms with Gasteiger partial charge in [-0.3, -0.25) is 9.79 Å². The fraction of sp³-hybridized carbons (Fsp3) is 0.833. The minimum atomic E-state index is 0.179. The number of likely N-dealkylation sites (tertiary alicyclic amines) is 1. The number of aliphatic imine (C=N–C) groups is 1. The Morgan fingerprint density at radius 1 is 1.09 bits per heavy atom. The minimum Gasteiger partial charge on any atom is -0.357 e. The van der Waals surface area contributed by atoms with Gasteiger partial charge in [-0.15, -0.1) is 10.2 Å². The molecule has 2 aliphatic rings. The predicted octanol–water partition coefficient (Wildman–Crippen LogP) is 2.92. The molecule has 0 aliphatic carbocycles. The highest BCUT2D eigenvalue weighted by molar-refractivity contribution is 5.80. The molecule has 0 bridgehead atoms. The number of rotatable bonds is 9. The van der Waals surface area contributed by atoms with Crippen LogP contribution in [0.3, 0.4) is 0 Å². The van der Waals surface area contributed by atoms with E-state index in [4.69, 9.17) is 4.99 Å². The second-order valence-electron chi connectivity index (χ2n) is 9.12. The van der Waals surface area contributed by atoms with Gasteiger partial charge < -0.3 is 20.1 Å². The van der Waals surface area contributed by atoms with Gasteiger partial charge in [0.1, 0.15) is 11.6 Å². The van der Waals surface area contributed by atoms with E-state index in [2.05, 4.69) is 51.1 Å². The Kier molecular flexibility index (Phi) is 9.81. The summed E-state index contributed by atoms with van der Waals surface area (Å²) in [5.74, 6) is 3.67. The maximum atomic E-state index is 12.6. The maximum Gasteiger partial charge on any atom is 0.225 e. The lowest BCUT2D eigenvalue weighted by Crippen LogP contribution is -2.50. The average Bonchev–Trinajstić information content (AvgIpc) is 3.03. The van der Waals surface area contributed by atoms with E-state index in [-0.39, 0.29) is 5.92 Å². The predicted molar refractivity (Wildman–Crippen MR) is 129 cm³/mol. The summed E-state index contributed by atoms with van der Waals surface area (Å²) >= 11 is 0. The Morgan fingerprint density at radius 3 is 2.59 bits per heavy atom. The molecule has 0 atom stereocenters. The van der Waals surface area contributed by atoms with Crippen LogP contribution < -0.4 is 10.6 Å². The molecule has 3 rings (SSSR count). The minimum absolute atomic E-state index is 0.179. The summed E-state index contributed by atoms with van der Waals surface area (Å²) in [7, 11) is 0. The van der Waals surface area contributed by atoms with E-state index in [1.165, 1.54) is 19.3 Å². The fourth-order valence-corrected chi connectivity index (χ4v) is 4.81. The second-order valence-corrected chi connectivity index (χ2v) is 9.12. The Bertz CT molecular complexity index is 733. The van der Waals surface area contributed by atoms with Crippen molar-refractivity contribution in [1.82, 2.24) is 30.3 Å². The van der Waals surface area contributed by atoms with Crippen LogP contribution in [0.5, 0.6) is 0 Å². The van der Waals surface area contributed by atoms with Gasteiger partial charge in [0.2, 0.25) is 5.91 Å². The van der Waals surface area contributed by atoms with Crippen LogP contribution in [0.2, 0.25) is 0 Å². The van der Waals surface area contributed by atoms with E-state index < -0.39 is 0 Å². The summed E-state index contributed by atoms with van der Waals surface area (Å²) in [6, 6.07) is 0.366. The van der Waals surface area contributed by atoms with Crippen molar-refractivity contribution in [3.05, 3.63) is 11.6 Å². The lowest BCUT2D eigenvalue weighted by Gasteiger charge is -2.34. The largest absolute Gasteiger partial charge is 0.357 e. The number of nitrogens with zero attached hydrogens (tertiary/aromatic N) is 5. The number of aryl methyl sites for hydroxylation is 2. The fourth-order valence-electron chi connectivity index (χ4n) is 4.81. The van der Waals surface area contributed by atoms with Crippen molar-refractivity contribution >= 4 is 11.9 Å². The van der Waals surface area contributed by atoms with E-state index in [1.807, 2.05) is 0 Å². The van der Waals surface area contributed by atoms with E-state index in [9.17, 15) is 4.79 Å². The van der Waals surface area contributed by atoms with Crippen LogP contribution in [0.25, 0.3) is 0 Å². The van der Waals surface area contributed by atoms with Crippen LogP contribution in [-0.2, 0) is 24.2 Å². The van der Waals surface area contributed by atoms with Gasteiger partial charge in [0.25, 0.3) is 0 Å². The zero-order valence-corrected chi connectivity index (χ0v) is 20.4. The molecule has 0 unspecified atom stereocenters. The molecule has 1 fully saturated rings. The van der Waals surface area contributed by atoms with Gasteiger partial charge in [0, 0.05) is 57.5 Å². The molecule has 1 aromatic heterocycles. The maximum absolute atomic E-state index is 12.6. The van der Waals surface area contributed by atoms with Gasteiger partial charge in [-0.05, 0) is 51.9 Å². The number of fused-ring (bicyclic) bond motifs is 1. The highest BCUT2D eigenvalue weighted by Crippen LogP contribution is 2.18. The van der Waals surface area contributed by atoms with Crippen molar-refractivity contribution in [1.29, 1.82) is 0 Å². The van der Waals surface area contributed by atoms with Crippen LogP contribution >= 0.6 is 0 Å². The Balaban J connectivity index is 1.44. The number of aromatic nitrogens is 3. The van der Waals surface area contributed by atoms with Gasteiger partial charge in [-0.2, -0.15) is 0 Å². The molecule has 3 heterocycles. The average molecular weight is 446 g/mol. The molecule has 2 aliphatic heterocycles. The van der Waals surface area contributed by atoms with Gasteiger partial charge in [-0.1, -0.05) is 20.3 Å². The molecule has 0 radical (unpaired) electrons. The van der Waals surface area contributed by atoms with E-state index in [0.29, 0.717) is 11.9 Å². The van der Waals surface area contributed by atoms with Crippen molar-refractivity contribution in [2.75, 3.05) is 26.2 Å². The highest BCUT2D eigenvalue weighted by atomic mass is 16.2. The third-order valence-corrected chi connectivity index (χ3v) is 6.84. The van der Waals surface area contributed by atoms with Crippen LogP contribution in [0, 0.1) is 5.92 Å². The summed E-state index contributed by atoms with van der Waals surface area (Å²) in [5, 5.41) is 15.8. The van der Waals surface area contributed by atoms with Crippen molar-refractivity contribution < 1.29 is 4.79 Å². The number of hydrogen-bond acceptors (Lipinski definition) is 4. The molecule has 0 aromatic carbocycles. The zero-order chi connectivity index (χ0) is 22.8. The van der Waals surface area contributed by atoms with Gasteiger partial charge in [0.05, 0.1) is 0 Å². The molecule has 0 saturated carbocycles. The molecule has 180 valence electrons. The van der Waals surface area contributed by atoms with Gasteiger partial charge >= 0.3 is 0 Å².